The number of benzene rings is 1. The Morgan fingerprint density at radius 1 is 1.32 bits per heavy atom. The Hall–Kier alpha value is -2.12. The third kappa shape index (κ3) is 4.11. The summed E-state index contributed by atoms with van der Waals surface area (Å²) in [7, 11) is 1.61. The van der Waals surface area contributed by atoms with Gasteiger partial charge in [0.25, 0.3) is 0 Å². The highest BCUT2D eigenvalue weighted by atomic mass is 32.1. The number of carbonyl (C=O) groups excluding carboxylic acids is 1. The van der Waals surface area contributed by atoms with Gasteiger partial charge < -0.3 is 15.0 Å². The van der Waals surface area contributed by atoms with Gasteiger partial charge in [-0.1, -0.05) is 6.07 Å². The number of piperazine rings is 1. The average Bonchev–Trinajstić information content (AvgIpc) is 3.16. The van der Waals surface area contributed by atoms with E-state index in [2.05, 4.69) is 20.1 Å². The molecule has 7 heteroatoms. The monoisotopic (exact) mass is 360 g/mol. The molecule has 1 atom stereocenters. The van der Waals surface area contributed by atoms with E-state index in [0.29, 0.717) is 5.75 Å². The van der Waals surface area contributed by atoms with E-state index in [0.717, 1.165) is 42.6 Å². The molecule has 0 bridgehead atoms. The first-order valence-electron chi connectivity index (χ1n) is 8.42. The predicted octanol–water partition coefficient (Wildman–Crippen LogP) is 2.61. The first kappa shape index (κ1) is 17.7. The molecule has 0 saturated carbocycles. The summed E-state index contributed by atoms with van der Waals surface area (Å²) in [5, 5.41) is 6.06. The first-order chi connectivity index (χ1) is 12.1. The van der Waals surface area contributed by atoms with Crippen molar-refractivity contribution in [1.29, 1.82) is 0 Å². The minimum atomic E-state index is -0.191. The summed E-state index contributed by atoms with van der Waals surface area (Å²) in [5.41, 5.74) is 1.81. The first-order valence-corrected chi connectivity index (χ1v) is 9.30. The van der Waals surface area contributed by atoms with Crippen molar-refractivity contribution in [3.63, 3.8) is 0 Å². The molecule has 1 aromatic carbocycles. The van der Waals surface area contributed by atoms with Crippen molar-refractivity contribution in [2.45, 2.75) is 19.9 Å². The normalized spacial score (nSPS) is 16.5. The van der Waals surface area contributed by atoms with Crippen molar-refractivity contribution in [1.82, 2.24) is 9.88 Å². The van der Waals surface area contributed by atoms with Crippen LogP contribution in [0.5, 0.6) is 5.75 Å². The maximum Gasteiger partial charge on any atom is 0.241 e. The van der Waals surface area contributed by atoms with Crippen molar-refractivity contribution in [3.05, 3.63) is 35.3 Å². The maximum absolute atomic E-state index is 12.7. The highest BCUT2D eigenvalue weighted by Gasteiger charge is 2.26. The molecule has 2 heterocycles. The third-order valence-electron chi connectivity index (χ3n) is 4.54. The number of hydrogen-bond donors (Lipinski definition) is 1. The molecule has 0 aliphatic carbocycles. The number of hydrogen-bond acceptors (Lipinski definition) is 6. The number of ether oxygens (including phenoxy) is 1. The Kier molecular flexibility index (Phi) is 5.55. The number of rotatable bonds is 5. The summed E-state index contributed by atoms with van der Waals surface area (Å²) in [5.74, 6) is 0.673. The van der Waals surface area contributed by atoms with E-state index >= 15 is 0 Å². The van der Waals surface area contributed by atoms with Crippen LogP contribution in [0, 0.1) is 6.92 Å². The van der Waals surface area contributed by atoms with Gasteiger partial charge in [0.1, 0.15) is 5.75 Å². The second-order valence-electron chi connectivity index (χ2n) is 6.21. The lowest BCUT2D eigenvalue weighted by molar-refractivity contribution is -0.120. The van der Waals surface area contributed by atoms with Crippen molar-refractivity contribution in [2.24, 2.45) is 0 Å². The molecule has 1 saturated heterocycles. The quantitative estimate of drug-likeness (QED) is 0.888. The number of anilines is 2. The molecule has 1 aliphatic heterocycles. The van der Waals surface area contributed by atoms with E-state index in [1.165, 1.54) is 0 Å². The van der Waals surface area contributed by atoms with Gasteiger partial charge in [0, 0.05) is 37.8 Å². The minimum Gasteiger partial charge on any atom is -0.495 e. The second kappa shape index (κ2) is 7.84. The zero-order valence-electron chi connectivity index (χ0n) is 14.9. The van der Waals surface area contributed by atoms with Gasteiger partial charge in [0.2, 0.25) is 5.91 Å². The maximum atomic E-state index is 12.7. The average molecular weight is 360 g/mol. The highest BCUT2D eigenvalue weighted by molar-refractivity contribution is 7.13. The number of aromatic nitrogens is 1. The van der Waals surface area contributed by atoms with Gasteiger partial charge in [-0.25, -0.2) is 4.98 Å². The smallest absolute Gasteiger partial charge is 0.241 e. The van der Waals surface area contributed by atoms with E-state index in [4.69, 9.17) is 4.74 Å². The Balaban J connectivity index is 1.59. The van der Waals surface area contributed by atoms with E-state index in [9.17, 15) is 4.79 Å². The fourth-order valence-corrected chi connectivity index (χ4v) is 3.69. The summed E-state index contributed by atoms with van der Waals surface area (Å²) in [6, 6.07) is 5.59. The fraction of sp³-hybridized carbons (Fsp3) is 0.444. The van der Waals surface area contributed by atoms with E-state index in [1.807, 2.05) is 43.6 Å². The van der Waals surface area contributed by atoms with Crippen molar-refractivity contribution < 1.29 is 9.53 Å². The van der Waals surface area contributed by atoms with Crippen LogP contribution in [0.1, 0.15) is 12.5 Å². The third-order valence-corrected chi connectivity index (χ3v) is 5.38. The molecule has 0 spiro atoms. The van der Waals surface area contributed by atoms with Gasteiger partial charge in [-0.15, -0.1) is 11.3 Å². The van der Waals surface area contributed by atoms with Crippen LogP contribution >= 0.6 is 11.3 Å². The van der Waals surface area contributed by atoms with Crippen LogP contribution in [0.25, 0.3) is 0 Å². The largest absolute Gasteiger partial charge is 0.495 e. The van der Waals surface area contributed by atoms with Gasteiger partial charge in [-0.3, -0.25) is 9.69 Å². The van der Waals surface area contributed by atoms with E-state index in [-0.39, 0.29) is 11.9 Å². The molecule has 1 aliphatic rings. The second-order valence-corrected chi connectivity index (χ2v) is 7.08. The van der Waals surface area contributed by atoms with E-state index in [1.54, 1.807) is 18.4 Å². The zero-order chi connectivity index (χ0) is 17.8. The van der Waals surface area contributed by atoms with Crippen molar-refractivity contribution in [2.75, 3.05) is 43.5 Å². The molecule has 1 amide bonds. The molecular weight excluding hydrogens is 336 g/mol. The van der Waals surface area contributed by atoms with E-state index < -0.39 is 0 Å². The molecule has 134 valence electrons. The molecule has 25 heavy (non-hydrogen) atoms. The Bertz CT molecular complexity index is 712. The molecule has 0 radical (unpaired) electrons. The molecular formula is C18H24N4O2S. The van der Waals surface area contributed by atoms with Gasteiger partial charge in [0.15, 0.2) is 5.13 Å². The number of aryl methyl sites for hydroxylation is 1. The van der Waals surface area contributed by atoms with Gasteiger partial charge in [-0.05, 0) is 31.5 Å². The standard InChI is InChI=1S/C18H24N4O2S/c1-13-4-5-16(24-3)15(12-13)20-17(23)14(2)21-7-9-22(10-8-21)18-19-6-11-25-18/h4-6,11-12,14H,7-10H2,1-3H3,(H,20,23). The van der Waals surface area contributed by atoms with Crippen LogP contribution in [-0.4, -0.2) is 55.1 Å². The van der Waals surface area contributed by atoms with Gasteiger partial charge >= 0.3 is 0 Å². The molecule has 1 fully saturated rings. The molecule has 3 rings (SSSR count). The van der Waals surface area contributed by atoms with Crippen LogP contribution in [0.15, 0.2) is 29.8 Å². The lowest BCUT2D eigenvalue weighted by Gasteiger charge is -2.37. The van der Waals surface area contributed by atoms with Crippen molar-refractivity contribution >= 4 is 28.1 Å². The van der Waals surface area contributed by atoms with Gasteiger partial charge in [-0.2, -0.15) is 0 Å². The minimum absolute atomic E-state index is 0.00778. The van der Waals surface area contributed by atoms with Crippen LogP contribution in [0.4, 0.5) is 10.8 Å². The van der Waals surface area contributed by atoms with Crippen LogP contribution in [-0.2, 0) is 4.79 Å². The fourth-order valence-electron chi connectivity index (χ4n) is 3.00. The SMILES string of the molecule is COc1ccc(C)cc1NC(=O)C(C)N1CCN(c2nccs2)CC1. The highest BCUT2D eigenvalue weighted by Crippen LogP contribution is 2.26. The lowest BCUT2D eigenvalue weighted by Crippen LogP contribution is -2.52. The Morgan fingerprint density at radius 3 is 2.72 bits per heavy atom. The van der Waals surface area contributed by atoms with Crippen molar-refractivity contribution in [3.8, 4) is 5.75 Å². The topological polar surface area (TPSA) is 57.7 Å². The number of methoxy groups -OCH3 is 1. The van der Waals surface area contributed by atoms with Gasteiger partial charge in [0.05, 0.1) is 18.8 Å². The molecule has 1 aromatic heterocycles. The number of carbonyl (C=O) groups is 1. The molecule has 1 unspecified atom stereocenters. The summed E-state index contributed by atoms with van der Waals surface area (Å²) in [6.07, 6.45) is 1.83. The number of amides is 1. The summed E-state index contributed by atoms with van der Waals surface area (Å²) < 4.78 is 5.34. The molecule has 6 nitrogen and oxygen atoms in total. The Labute approximate surface area is 152 Å². The number of nitrogens with one attached hydrogen (secondary N) is 1. The summed E-state index contributed by atoms with van der Waals surface area (Å²) in [4.78, 5) is 21.5. The van der Waals surface area contributed by atoms with Crippen LogP contribution in [0.3, 0.4) is 0 Å². The number of thiazole rings is 1. The Morgan fingerprint density at radius 2 is 2.08 bits per heavy atom. The summed E-state index contributed by atoms with van der Waals surface area (Å²) >= 11 is 1.66. The van der Waals surface area contributed by atoms with Crippen LogP contribution in [0.2, 0.25) is 0 Å². The number of nitrogens with zero attached hydrogens (tertiary/aromatic N) is 3. The molecule has 2 aromatic rings. The summed E-state index contributed by atoms with van der Waals surface area (Å²) in [6.45, 7) is 7.42. The molecule has 1 N–H and O–H groups in total. The zero-order valence-corrected chi connectivity index (χ0v) is 15.7. The van der Waals surface area contributed by atoms with Crippen LogP contribution < -0.4 is 15.0 Å². The predicted molar refractivity (Wildman–Crippen MR) is 102 cm³/mol. The lowest BCUT2D eigenvalue weighted by atomic mass is 10.1.